The number of hydrogen-bond donors (Lipinski definition) is 0. The van der Waals surface area contributed by atoms with Gasteiger partial charge >= 0.3 is 0 Å². The standard InChI is InChI=1S/C26H30N2O7/c1-27(2)10-7-11-28-22(15-12-19(32-4)24(34-6)20(13-15)33-5)21-23(29)17-9-8-16(31-3)14-18(17)35-25(21)26(28)30/h8-9,12-14,22H,7,10-11H2,1-6H3/t22-/m1/s1. The van der Waals surface area contributed by atoms with Gasteiger partial charge in [-0.15, -0.1) is 0 Å². The second-order valence-corrected chi connectivity index (χ2v) is 8.55. The van der Waals surface area contributed by atoms with E-state index in [9.17, 15) is 9.59 Å². The molecule has 2 heterocycles. The first kappa shape index (κ1) is 24.4. The summed E-state index contributed by atoms with van der Waals surface area (Å²) in [6.45, 7) is 1.21. The number of rotatable bonds is 9. The summed E-state index contributed by atoms with van der Waals surface area (Å²) in [7, 11) is 10.1. The van der Waals surface area contributed by atoms with Crippen LogP contribution in [0.2, 0.25) is 0 Å². The van der Waals surface area contributed by atoms with Crippen LogP contribution < -0.4 is 24.4 Å². The van der Waals surface area contributed by atoms with Crippen molar-refractivity contribution in [3.63, 3.8) is 0 Å². The third kappa shape index (κ3) is 4.27. The number of nitrogens with zero attached hydrogens (tertiary/aromatic N) is 2. The van der Waals surface area contributed by atoms with Crippen molar-refractivity contribution in [2.75, 3.05) is 55.6 Å². The van der Waals surface area contributed by atoms with Crippen LogP contribution in [-0.2, 0) is 0 Å². The number of ether oxygens (including phenoxy) is 4. The van der Waals surface area contributed by atoms with E-state index in [-0.39, 0.29) is 17.1 Å². The van der Waals surface area contributed by atoms with Crippen molar-refractivity contribution in [2.24, 2.45) is 0 Å². The molecule has 1 atom stereocenters. The van der Waals surface area contributed by atoms with Gasteiger partial charge < -0.3 is 33.2 Å². The summed E-state index contributed by atoms with van der Waals surface area (Å²) in [6.07, 6.45) is 0.717. The van der Waals surface area contributed by atoms with Gasteiger partial charge in [0.15, 0.2) is 16.9 Å². The lowest BCUT2D eigenvalue weighted by atomic mass is 9.97. The van der Waals surface area contributed by atoms with Gasteiger partial charge in [0.1, 0.15) is 11.3 Å². The van der Waals surface area contributed by atoms with Gasteiger partial charge in [0.05, 0.1) is 45.4 Å². The van der Waals surface area contributed by atoms with Gasteiger partial charge in [-0.25, -0.2) is 0 Å². The Morgan fingerprint density at radius 1 is 0.943 bits per heavy atom. The summed E-state index contributed by atoms with van der Waals surface area (Å²) in [5.41, 5.74) is 1.01. The molecule has 0 aliphatic carbocycles. The fraction of sp³-hybridized carbons (Fsp3) is 0.385. The molecule has 9 heteroatoms. The minimum atomic E-state index is -0.670. The number of amides is 1. The Kier molecular flexibility index (Phi) is 6.88. The number of benzene rings is 2. The summed E-state index contributed by atoms with van der Waals surface area (Å²) in [5.74, 6) is 1.55. The zero-order valence-corrected chi connectivity index (χ0v) is 20.8. The highest BCUT2D eigenvalue weighted by Gasteiger charge is 2.43. The quantitative estimate of drug-likeness (QED) is 0.459. The first-order valence-corrected chi connectivity index (χ1v) is 11.2. The molecule has 35 heavy (non-hydrogen) atoms. The van der Waals surface area contributed by atoms with Crippen LogP contribution in [0.25, 0.3) is 11.0 Å². The first-order chi connectivity index (χ1) is 16.8. The number of carbonyl (C=O) groups excluding carboxylic acids is 1. The third-order valence-electron chi connectivity index (χ3n) is 6.18. The molecule has 1 amide bonds. The van der Waals surface area contributed by atoms with Crippen molar-refractivity contribution in [1.29, 1.82) is 0 Å². The van der Waals surface area contributed by atoms with E-state index < -0.39 is 6.04 Å². The van der Waals surface area contributed by atoms with E-state index in [1.165, 1.54) is 28.4 Å². The molecule has 3 aromatic rings. The molecule has 2 aromatic carbocycles. The molecule has 1 aliphatic heterocycles. The molecular formula is C26H30N2O7. The molecule has 0 radical (unpaired) electrons. The van der Waals surface area contributed by atoms with Gasteiger partial charge in [-0.1, -0.05) is 0 Å². The minimum absolute atomic E-state index is 0.0411. The summed E-state index contributed by atoms with van der Waals surface area (Å²) in [5, 5.41) is 0.380. The van der Waals surface area contributed by atoms with Crippen molar-refractivity contribution in [2.45, 2.75) is 12.5 Å². The molecule has 4 rings (SSSR count). The SMILES string of the molecule is COc1ccc2c(=O)c3c(oc2c1)C(=O)N(CCCN(C)C)[C@@H]3c1cc(OC)c(OC)c(OC)c1. The van der Waals surface area contributed by atoms with Crippen LogP contribution in [0.4, 0.5) is 0 Å². The molecule has 1 aromatic heterocycles. The normalized spacial score (nSPS) is 15.0. The second kappa shape index (κ2) is 9.87. The first-order valence-electron chi connectivity index (χ1n) is 11.2. The Balaban J connectivity index is 1.94. The number of carbonyl (C=O) groups is 1. The van der Waals surface area contributed by atoms with Crippen LogP contribution in [0.5, 0.6) is 23.0 Å². The maximum Gasteiger partial charge on any atom is 0.290 e. The summed E-state index contributed by atoms with van der Waals surface area (Å²) >= 11 is 0. The van der Waals surface area contributed by atoms with Gasteiger partial charge in [0.2, 0.25) is 11.5 Å². The molecule has 1 aliphatic rings. The molecule has 0 bridgehead atoms. The van der Waals surface area contributed by atoms with Crippen molar-refractivity contribution < 1.29 is 28.2 Å². The smallest absolute Gasteiger partial charge is 0.290 e. The maximum absolute atomic E-state index is 13.7. The second-order valence-electron chi connectivity index (χ2n) is 8.55. The lowest BCUT2D eigenvalue weighted by molar-refractivity contribution is 0.0721. The zero-order chi connectivity index (χ0) is 25.3. The van der Waals surface area contributed by atoms with Crippen LogP contribution in [-0.4, -0.2) is 71.3 Å². The maximum atomic E-state index is 13.7. The van der Waals surface area contributed by atoms with Crippen LogP contribution in [0.15, 0.2) is 39.5 Å². The van der Waals surface area contributed by atoms with E-state index in [0.717, 1.165) is 13.0 Å². The topological polar surface area (TPSA) is 90.7 Å². The minimum Gasteiger partial charge on any atom is -0.497 e. The van der Waals surface area contributed by atoms with Gasteiger partial charge in [-0.2, -0.15) is 0 Å². The molecule has 0 fully saturated rings. The van der Waals surface area contributed by atoms with Crippen LogP contribution >= 0.6 is 0 Å². The van der Waals surface area contributed by atoms with E-state index in [0.29, 0.717) is 51.6 Å². The van der Waals surface area contributed by atoms with Gasteiger partial charge in [-0.3, -0.25) is 9.59 Å². The Morgan fingerprint density at radius 3 is 2.20 bits per heavy atom. The fourth-order valence-electron chi connectivity index (χ4n) is 4.52. The van der Waals surface area contributed by atoms with Crippen molar-refractivity contribution in [3.8, 4) is 23.0 Å². The van der Waals surface area contributed by atoms with Crippen LogP contribution in [0, 0.1) is 0 Å². The van der Waals surface area contributed by atoms with E-state index in [1.807, 2.05) is 19.0 Å². The third-order valence-corrected chi connectivity index (χ3v) is 6.18. The number of methoxy groups -OCH3 is 4. The average Bonchev–Trinajstić information content (AvgIpc) is 3.14. The monoisotopic (exact) mass is 482 g/mol. The molecule has 0 spiro atoms. The largest absolute Gasteiger partial charge is 0.497 e. The molecule has 0 unspecified atom stereocenters. The van der Waals surface area contributed by atoms with Gasteiger partial charge in [0.25, 0.3) is 5.91 Å². The fourth-order valence-corrected chi connectivity index (χ4v) is 4.52. The highest BCUT2D eigenvalue weighted by Crippen LogP contribution is 2.45. The van der Waals surface area contributed by atoms with Crippen molar-refractivity contribution in [1.82, 2.24) is 9.80 Å². The van der Waals surface area contributed by atoms with Crippen molar-refractivity contribution >= 4 is 16.9 Å². The number of hydrogen-bond acceptors (Lipinski definition) is 8. The molecule has 186 valence electrons. The average molecular weight is 483 g/mol. The van der Waals surface area contributed by atoms with E-state index in [2.05, 4.69) is 0 Å². The van der Waals surface area contributed by atoms with E-state index >= 15 is 0 Å². The van der Waals surface area contributed by atoms with Gasteiger partial charge in [0, 0.05) is 12.6 Å². The van der Waals surface area contributed by atoms with Crippen molar-refractivity contribution in [3.05, 3.63) is 57.4 Å². The number of fused-ring (bicyclic) bond motifs is 2. The highest BCUT2D eigenvalue weighted by atomic mass is 16.5. The lowest BCUT2D eigenvalue weighted by Crippen LogP contribution is -2.32. The predicted molar refractivity (Wildman–Crippen MR) is 131 cm³/mol. The molecule has 0 saturated carbocycles. The van der Waals surface area contributed by atoms with E-state index in [1.54, 1.807) is 35.2 Å². The van der Waals surface area contributed by atoms with Crippen LogP contribution in [0.1, 0.15) is 34.1 Å². The van der Waals surface area contributed by atoms with E-state index in [4.69, 9.17) is 23.4 Å². The molecule has 9 nitrogen and oxygen atoms in total. The Bertz CT molecular complexity index is 1290. The van der Waals surface area contributed by atoms with Crippen LogP contribution in [0.3, 0.4) is 0 Å². The molecular weight excluding hydrogens is 452 g/mol. The van der Waals surface area contributed by atoms with Gasteiger partial charge in [-0.05, 0) is 56.9 Å². The Hall–Kier alpha value is -3.72. The summed E-state index contributed by atoms with van der Waals surface area (Å²) < 4.78 is 27.8. The predicted octanol–water partition coefficient (Wildman–Crippen LogP) is 3.32. The molecule has 0 N–H and O–H groups in total. The summed E-state index contributed by atoms with van der Waals surface area (Å²) in [6, 6.07) is 7.84. The zero-order valence-electron chi connectivity index (χ0n) is 20.8. The molecule has 0 saturated heterocycles. The Labute approximate surface area is 203 Å². The summed E-state index contributed by atoms with van der Waals surface area (Å²) in [4.78, 5) is 31.1. The highest BCUT2D eigenvalue weighted by molar-refractivity contribution is 5.99. The Morgan fingerprint density at radius 2 is 1.63 bits per heavy atom. The lowest BCUT2D eigenvalue weighted by Gasteiger charge is -2.27.